The Hall–Kier alpha value is -0.580. The Balaban J connectivity index is 1.48. The maximum Gasteiger partial charge on any atom is 0.133 e. The molecule has 0 spiro atoms. The fourth-order valence-corrected chi connectivity index (χ4v) is 3.45. The van der Waals surface area contributed by atoms with E-state index in [0.717, 1.165) is 48.8 Å². The second kappa shape index (κ2) is 7.61. The zero-order valence-corrected chi connectivity index (χ0v) is 14.2. The molecule has 4 heteroatoms. The highest BCUT2D eigenvalue weighted by Crippen LogP contribution is 2.30. The second-order valence-corrected chi connectivity index (χ2v) is 7.07. The van der Waals surface area contributed by atoms with Gasteiger partial charge in [0.15, 0.2) is 0 Å². The molecule has 0 amide bonds. The van der Waals surface area contributed by atoms with Gasteiger partial charge in [-0.3, -0.25) is 0 Å². The number of hydrogen-bond donors (Lipinski definition) is 1. The number of hydrogen-bond acceptors (Lipinski definition) is 3. The van der Waals surface area contributed by atoms with E-state index in [2.05, 4.69) is 44.3 Å². The molecule has 1 N–H and O–H groups in total. The number of rotatable bonds is 6. The first-order chi connectivity index (χ1) is 10.3. The maximum absolute atomic E-state index is 5.92. The Kier molecular flexibility index (Phi) is 5.55. The molecule has 1 saturated carbocycles. The van der Waals surface area contributed by atoms with Crippen LogP contribution in [0.2, 0.25) is 0 Å². The van der Waals surface area contributed by atoms with E-state index < -0.39 is 0 Å². The predicted molar refractivity (Wildman–Crippen MR) is 90.0 cm³/mol. The molecular formula is C17H25BrN2O. The van der Waals surface area contributed by atoms with Gasteiger partial charge >= 0.3 is 0 Å². The minimum Gasteiger partial charge on any atom is -0.492 e. The van der Waals surface area contributed by atoms with Gasteiger partial charge in [-0.2, -0.15) is 0 Å². The summed E-state index contributed by atoms with van der Waals surface area (Å²) in [6.07, 6.45) is 5.16. The van der Waals surface area contributed by atoms with Gasteiger partial charge in [-0.15, -0.1) is 0 Å². The Morgan fingerprint density at radius 3 is 2.71 bits per heavy atom. The summed E-state index contributed by atoms with van der Waals surface area (Å²) in [7, 11) is 0. The van der Waals surface area contributed by atoms with Crippen LogP contribution in [0.25, 0.3) is 0 Å². The lowest BCUT2D eigenvalue weighted by Crippen LogP contribution is -2.44. The van der Waals surface area contributed by atoms with Crippen LogP contribution >= 0.6 is 15.9 Å². The third-order valence-electron chi connectivity index (χ3n) is 4.62. The zero-order valence-electron chi connectivity index (χ0n) is 12.6. The van der Waals surface area contributed by atoms with Gasteiger partial charge < -0.3 is 15.0 Å². The number of piperazine rings is 1. The average Bonchev–Trinajstić information content (AvgIpc) is 2.46. The molecule has 1 aliphatic carbocycles. The summed E-state index contributed by atoms with van der Waals surface area (Å²) in [5, 5.41) is 3.40. The zero-order chi connectivity index (χ0) is 14.5. The third-order valence-corrected chi connectivity index (χ3v) is 5.24. The van der Waals surface area contributed by atoms with E-state index in [0.29, 0.717) is 0 Å². The van der Waals surface area contributed by atoms with Gasteiger partial charge in [0.2, 0.25) is 0 Å². The quantitative estimate of drug-likeness (QED) is 0.851. The first kappa shape index (κ1) is 15.3. The van der Waals surface area contributed by atoms with Crippen LogP contribution in [0.4, 0.5) is 0 Å². The van der Waals surface area contributed by atoms with E-state index in [-0.39, 0.29) is 0 Å². The standard InChI is InChI=1S/C17H25BrN2O/c18-16-12-14(6-9-20-10-7-19-8-11-20)4-5-17(16)21-13-15-2-1-3-15/h4-5,12,15,19H,1-3,6-11,13H2. The Morgan fingerprint density at radius 2 is 2.05 bits per heavy atom. The van der Waals surface area contributed by atoms with E-state index in [9.17, 15) is 0 Å². The van der Waals surface area contributed by atoms with Crippen LogP contribution in [0, 0.1) is 5.92 Å². The fraction of sp³-hybridized carbons (Fsp3) is 0.647. The molecule has 21 heavy (non-hydrogen) atoms. The highest BCUT2D eigenvalue weighted by atomic mass is 79.9. The molecule has 0 aromatic heterocycles. The highest BCUT2D eigenvalue weighted by Gasteiger charge is 2.18. The number of halogens is 1. The van der Waals surface area contributed by atoms with Gasteiger partial charge in [-0.25, -0.2) is 0 Å². The van der Waals surface area contributed by atoms with Crippen molar-refractivity contribution in [1.29, 1.82) is 0 Å². The van der Waals surface area contributed by atoms with E-state index in [1.807, 2.05) is 0 Å². The Labute approximate surface area is 136 Å². The minimum absolute atomic E-state index is 0.782. The summed E-state index contributed by atoms with van der Waals surface area (Å²) in [5.41, 5.74) is 1.39. The van der Waals surface area contributed by atoms with Crippen molar-refractivity contribution < 1.29 is 4.74 Å². The van der Waals surface area contributed by atoms with Gasteiger partial charge in [0.25, 0.3) is 0 Å². The van der Waals surface area contributed by atoms with Crippen LogP contribution in [0.1, 0.15) is 24.8 Å². The van der Waals surface area contributed by atoms with Crippen molar-refractivity contribution >= 4 is 15.9 Å². The van der Waals surface area contributed by atoms with Gasteiger partial charge in [0, 0.05) is 32.7 Å². The predicted octanol–water partition coefficient (Wildman–Crippen LogP) is 3.08. The van der Waals surface area contributed by atoms with Crippen LogP contribution in [0.15, 0.2) is 22.7 Å². The van der Waals surface area contributed by atoms with Crippen molar-refractivity contribution in [3.63, 3.8) is 0 Å². The van der Waals surface area contributed by atoms with Crippen LogP contribution in [0.3, 0.4) is 0 Å². The topological polar surface area (TPSA) is 24.5 Å². The molecule has 1 aliphatic heterocycles. The van der Waals surface area contributed by atoms with Crippen molar-refractivity contribution in [2.24, 2.45) is 5.92 Å². The molecule has 0 radical (unpaired) electrons. The lowest BCUT2D eigenvalue weighted by atomic mass is 9.86. The van der Waals surface area contributed by atoms with Crippen LogP contribution < -0.4 is 10.1 Å². The molecule has 1 aromatic rings. The number of nitrogens with zero attached hydrogens (tertiary/aromatic N) is 1. The van der Waals surface area contributed by atoms with Gasteiger partial charge in [0.05, 0.1) is 11.1 Å². The van der Waals surface area contributed by atoms with Crippen LogP contribution in [-0.2, 0) is 6.42 Å². The van der Waals surface area contributed by atoms with Crippen molar-refractivity contribution in [2.45, 2.75) is 25.7 Å². The monoisotopic (exact) mass is 352 g/mol. The molecule has 1 aromatic carbocycles. The van der Waals surface area contributed by atoms with E-state index in [4.69, 9.17) is 4.74 Å². The Bertz CT molecular complexity index is 456. The Morgan fingerprint density at radius 1 is 1.24 bits per heavy atom. The summed E-state index contributed by atoms with van der Waals surface area (Å²) in [4.78, 5) is 2.53. The molecule has 0 bridgehead atoms. The second-order valence-electron chi connectivity index (χ2n) is 6.21. The molecule has 3 nitrogen and oxygen atoms in total. The lowest BCUT2D eigenvalue weighted by molar-refractivity contribution is 0.180. The van der Waals surface area contributed by atoms with Crippen molar-refractivity contribution in [2.75, 3.05) is 39.3 Å². The lowest BCUT2D eigenvalue weighted by Gasteiger charge is -2.27. The van der Waals surface area contributed by atoms with E-state index >= 15 is 0 Å². The summed E-state index contributed by atoms with van der Waals surface area (Å²) >= 11 is 3.65. The highest BCUT2D eigenvalue weighted by molar-refractivity contribution is 9.10. The molecule has 2 fully saturated rings. The first-order valence-electron chi connectivity index (χ1n) is 8.15. The van der Waals surface area contributed by atoms with E-state index in [1.165, 1.54) is 37.9 Å². The molecule has 0 unspecified atom stereocenters. The molecular weight excluding hydrogens is 328 g/mol. The average molecular weight is 353 g/mol. The van der Waals surface area contributed by atoms with Gasteiger partial charge in [0.1, 0.15) is 5.75 Å². The van der Waals surface area contributed by atoms with Crippen LogP contribution in [0.5, 0.6) is 5.75 Å². The number of nitrogens with one attached hydrogen (secondary N) is 1. The van der Waals surface area contributed by atoms with Crippen molar-refractivity contribution in [3.05, 3.63) is 28.2 Å². The largest absolute Gasteiger partial charge is 0.492 e. The smallest absolute Gasteiger partial charge is 0.133 e. The minimum atomic E-state index is 0.782. The number of ether oxygens (including phenoxy) is 1. The maximum atomic E-state index is 5.92. The van der Waals surface area contributed by atoms with Crippen molar-refractivity contribution in [3.8, 4) is 5.75 Å². The molecule has 0 atom stereocenters. The van der Waals surface area contributed by atoms with Crippen molar-refractivity contribution in [1.82, 2.24) is 10.2 Å². The fourth-order valence-electron chi connectivity index (χ4n) is 2.91. The summed E-state index contributed by atoms with van der Waals surface area (Å²) in [6, 6.07) is 6.55. The van der Waals surface area contributed by atoms with Gasteiger partial charge in [-0.05, 0) is 58.8 Å². The molecule has 2 aliphatic rings. The molecule has 1 saturated heterocycles. The van der Waals surface area contributed by atoms with Crippen LogP contribution in [-0.4, -0.2) is 44.2 Å². The summed E-state index contributed by atoms with van der Waals surface area (Å²) in [6.45, 7) is 6.61. The molecule has 116 valence electrons. The van der Waals surface area contributed by atoms with E-state index in [1.54, 1.807) is 0 Å². The molecule has 3 rings (SSSR count). The summed E-state index contributed by atoms with van der Waals surface area (Å²) < 4.78 is 7.02. The van der Waals surface area contributed by atoms with Gasteiger partial charge in [-0.1, -0.05) is 12.5 Å². The SMILES string of the molecule is Brc1cc(CCN2CCNCC2)ccc1OCC1CCC1. The first-order valence-corrected chi connectivity index (χ1v) is 8.95. The summed E-state index contributed by atoms with van der Waals surface area (Å²) in [5.74, 6) is 1.78. The normalized spacial score (nSPS) is 20.2. The number of benzene rings is 1. The molecule has 1 heterocycles. The third kappa shape index (κ3) is 4.44.